The molecule has 32 heavy (non-hydrogen) atoms. The molecule has 1 aliphatic rings. The van der Waals surface area contributed by atoms with E-state index in [9.17, 15) is 4.79 Å². The van der Waals surface area contributed by atoms with E-state index in [-0.39, 0.29) is 12.6 Å². The van der Waals surface area contributed by atoms with Gasteiger partial charge in [0.15, 0.2) is 0 Å². The number of methoxy groups -OCH3 is 2. The highest BCUT2D eigenvalue weighted by Gasteiger charge is 2.26. The van der Waals surface area contributed by atoms with Gasteiger partial charge in [-0.2, -0.15) is 0 Å². The first kappa shape index (κ1) is 22.0. The molecule has 8 nitrogen and oxygen atoms in total. The highest BCUT2D eigenvalue weighted by molar-refractivity contribution is 6.30. The summed E-state index contributed by atoms with van der Waals surface area (Å²) in [6.07, 6.45) is 4.07. The van der Waals surface area contributed by atoms with Crippen molar-refractivity contribution in [1.82, 2.24) is 14.8 Å². The second-order valence-electron chi connectivity index (χ2n) is 7.58. The fraction of sp³-hybridized carbons (Fsp3) is 0.348. The molecule has 2 heterocycles. The third-order valence-electron chi connectivity index (χ3n) is 5.48. The van der Waals surface area contributed by atoms with Crippen LogP contribution in [0, 0.1) is 0 Å². The average Bonchev–Trinajstić information content (AvgIpc) is 3.04. The van der Waals surface area contributed by atoms with Crippen molar-refractivity contribution in [2.75, 3.05) is 24.4 Å². The Morgan fingerprint density at radius 2 is 2.00 bits per heavy atom. The Morgan fingerprint density at radius 1 is 1.12 bits per heavy atom. The van der Waals surface area contributed by atoms with Crippen LogP contribution in [0.25, 0.3) is 0 Å². The Kier molecular flexibility index (Phi) is 6.80. The number of halogens is 1. The van der Waals surface area contributed by atoms with E-state index in [0.29, 0.717) is 28.2 Å². The number of carbonyl (C=O) groups excluding carboxylic acids is 1. The number of nitrogens with zero attached hydrogens (tertiary/aromatic N) is 4. The van der Waals surface area contributed by atoms with Gasteiger partial charge in [-0.25, -0.2) is 4.79 Å². The maximum atomic E-state index is 13.4. The molecule has 2 amide bonds. The van der Waals surface area contributed by atoms with Crippen LogP contribution in [0.15, 0.2) is 42.5 Å². The van der Waals surface area contributed by atoms with Crippen LogP contribution in [-0.2, 0) is 19.5 Å². The van der Waals surface area contributed by atoms with Crippen LogP contribution in [0.1, 0.15) is 30.7 Å². The molecule has 0 spiro atoms. The van der Waals surface area contributed by atoms with Gasteiger partial charge in [0, 0.05) is 35.3 Å². The Hall–Kier alpha value is -3.26. The number of hydrogen-bond acceptors (Lipinski definition) is 5. The van der Waals surface area contributed by atoms with Crippen molar-refractivity contribution in [2.45, 2.75) is 38.8 Å². The highest BCUT2D eigenvalue weighted by Crippen LogP contribution is 2.29. The van der Waals surface area contributed by atoms with Crippen LogP contribution in [0.4, 0.5) is 16.4 Å². The monoisotopic (exact) mass is 455 g/mol. The van der Waals surface area contributed by atoms with Gasteiger partial charge in [-0.05, 0) is 43.2 Å². The van der Waals surface area contributed by atoms with Crippen LogP contribution in [0.3, 0.4) is 0 Å². The van der Waals surface area contributed by atoms with Gasteiger partial charge in [-0.15, -0.1) is 10.2 Å². The molecule has 1 N–H and O–H groups in total. The molecular formula is C23H26ClN5O3. The first-order valence-electron chi connectivity index (χ1n) is 10.6. The second-order valence-corrected chi connectivity index (χ2v) is 8.02. The number of anilines is 2. The number of nitrogens with one attached hydrogen (secondary N) is 1. The topological polar surface area (TPSA) is 81.5 Å². The van der Waals surface area contributed by atoms with Gasteiger partial charge >= 0.3 is 6.03 Å². The minimum Gasteiger partial charge on any atom is -0.497 e. The Labute approximate surface area is 192 Å². The van der Waals surface area contributed by atoms with Crippen LogP contribution < -0.4 is 19.7 Å². The number of aryl methyl sites for hydroxylation is 1. The summed E-state index contributed by atoms with van der Waals surface area (Å²) >= 11 is 6.10. The molecule has 0 aliphatic carbocycles. The van der Waals surface area contributed by atoms with Gasteiger partial charge in [-0.1, -0.05) is 24.1 Å². The average molecular weight is 456 g/mol. The molecule has 9 heteroatoms. The summed E-state index contributed by atoms with van der Waals surface area (Å²) in [6.45, 7) is 1.02. The van der Waals surface area contributed by atoms with E-state index in [2.05, 4.69) is 15.5 Å². The number of carbonyl (C=O) groups is 1. The predicted octanol–water partition coefficient (Wildman–Crippen LogP) is 4.91. The summed E-state index contributed by atoms with van der Waals surface area (Å²) in [5.41, 5.74) is 1.42. The summed E-state index contributed by atoms with van der Waals surface area (Å²) in [5, 5.41) is 12.2. The van der Waals surface area contributed by atoms with E-state index in [0.717, 1.165) is 43.6 Å². The van der Waals surface area contributed by atoms with Crippen LogP contribution in [-0.4, -0.2) is 35.0 Å². The van der Waals surface area contributed by atoms with Crippen molar-refractivity contribution in [3.8, 4) is 11.5 Å². The summed E-state index contributed by atoms with van der Waals surface area (Å²) in [6, 6.07) is 12.2. The quantitative estimate of drug-likeness (QED) is 0.570. The minimum absolute atomic E-state index is 0.248. The van der Waals surface area contributed by atoms with Crippen molar-refractivity contribution >= 4 is 29.3 Å². The molecule has 2 aromatic carbocycles. The molecule has 4 rings (SSSR count). The molecule has 0 bridgehead atoms. The van der Waals surface area contributed by atoms with Crippen LogP contribution >= 0.6 is 11.6 Å². The number of rotatable bonds is 6. The number of amides is 2. The fourth-order valence-electron chi connectivity index (χ4n) is 3.81. The predicted molar refractivity (Wildman–Crippen MR) is 124 cm³/mol. The molecule has 3 aromatic rings. The van der Waals surface area contributed by atoms with Gasteiger partial charge in [0.25, 0.3) is 0 Å². The molecular weight excluding hydrogens is 430 g/mol. The Morgan fingerprint density at radius 3 is 2.78 bits per heavy atom. The summed E-state index contributed by atoms with van der Waals surface area (Å²) in [7, 11) is 3.20. The molecule has 1 aromatic heterocycles. The van der Waals surface area contributed by atoms with Crippen molar-refractivity contribution in [2.24, 2.45) is 0 Å². The fourth-order valence-corrected chi connectivity index (χ4v) is 4.00. The van der Waals surface area contributed by atoms with E-state index in [1.165, 1.54) is 0 Å². The third-order valence-corrected chi connectivity index (χ3v) is 5.71. The van der Waals surface area contributed by atoms with Crippen molar-refractivity contribution in [1.29, 1.82) is 0 Å². The molecule has 0 radical (unpaired) electrons. The minimum atomic E-state index is -0.329. The first-order valence-corrected chi connectivity index (χ1v) is 10.9. The van der Waals surface area contributed by atoms with Crippen molar-refractivity contribution in [3.63, 3.8) is 0 Å². The van der Waals surface area contributed by atoms with Gasteiger partial charge in [-0.3, -0.25) is 9.47 Å². The summed E-state index contributed by atoms with van der Waals surface area (Å²) in [5.74, 6) is 2.72. The van der Waals surface area contributed by atoms with Gasteiger partial charge < -0.3 is 14.8 Å². The zero-order chi connectivity index (χ0) is 22.5. The maximum Gasteiger partial charge on any atom is 0.329 e. The SMILES string of the molecule is COc1ccc(CN(C(=O)Nc2cccc(Cl)c2)c2nnc3n2CCCCC3)c(OC)c1. The number of urea groups is 1. The molecule has 0 saturated carbocycles. The lowest BCUT2D eigenvalue weighted by Gasteiger charge is -2.24. The molecule has 0 atom stereocenters. The van der Waals surface area contributed by atoms with Crippen LogP contribution in [0.5, 0.6) is 11.5 Å². The van der Waals surface area contributed by atoms with Gasteiger partial charge in [0.1, 0.15) is 17.3 Å². The normalized spacial score (nSPS) is 13.1. The van der Waals surface area contributed by atoms with Crippen LogP contribution in [0.2, 0.25) is 5.02 Å². The Balaban J connectivity index is 1.70. The smallest absolute Gasteiger partial charge is 0.329 e. The molecule has 0 saturated heterocycles. The molecule has 0 unspecified atom stereocenters. The van der Waals surface area contributed by atoms with E-state index in [4.69, 9.17) is 21.1 Å². The van der Waals surface area contributed by atoms with Gasteiger partial charge in [0.05, 0.1) is 20.8 Å². The first-order chi connectivity index (χ1) is 15.6. The zero-order valence-corrected chi connectivity index (χ0v) is 18.9. The lowest BCUT2D eigenvalue weighted by molar-refractivity contribution is 0.256. The lowest BCUT2D eigenvalue weighted by atomic mass is 10.2. The van der Waals surface area contributed by atoms with E-state index < -0.39 is 0 Å². The largest absolute Gasteiger partial charge is 0.497 e. The van der Waals surface area contributed by atoms with E-state index in [1.54, 1.807) is 49.5 Å². The Bertz CT molecular complexity index is 1100. The molecule has 168 valence electrons. The second kappa shape index (κ2) is 9.91. The van der Waals surface area contributed by atoms with E-state index in [1.807, 2.05) is 16.7 Å². The maximum absolute atomic E-state index is 13.4. The number of hydrogen-bond donors (Lipinski definition) is 1. The molecule has 1 aliphatic heterocycles. The number of aromatic nitrogens is 3. The lowest BCUT2D eigenvalue weighted by Crippen LogP contribution is -2.36. The third kappa shape index (κ3) is 4.80. The van der Waals surface area contributed by atoms with Crippen molar-refractivity contribution in [3.05, 3.63) is 58.9 Å². The number of benzene rings is 2. The van der Waals surface area contributed by atoms with E-state index >= 15 is 0 Å². The standard InChI is InChI=1S/C23H26ClN5O3/c1-31-19-11-10-16(20(14-19)32-2)15-29(23(30)25-18-8-6-7-17(24)13-18)22-27-26-21-9-4-3-5-12-28(21)22/h6-8,10-11,13-14H,3-5,9,12,15H2,1-2H3,(H,25,30). The summed E-state index contributed by atoms with van der Waals surface area (Å²) < 4.78 is 12.9. The van der Waals surface area contributed by atoms with Gasteiger partial charge in [0.2, 0.25) is 5.95 Å². The zero-order valence-electron chi connectivity index (χ0n) is 18.2. The highest BCUT2D eigenvalue weighted by atomic mass is 35.5. The number of ether oxygens (including phenoxy) is 2. The van der Waals surface area contributed by atoms with Crippen molar-refractivity contribution < 1.29 is 14.3 Å². The number of fused-ring (bicyclic) bond motifs is 1. The summed E-state index contributed by atoms with van der Waals surface area (Å²) in [4.78, 5) is 15.0. The molecule has 0 fully saturated rings.